The molecule has 0 aliphatic heterocycles. The lowest BCUT2D eigenvalue weighted by Crippen LogP contribution is -2.04. The van der Waals surface area contributed by atoms with E-state index in [2.05, 4.69) is 15.3 Å². The number of aryl methyl sites for hydroxylation is 2. The van der Waals surface area contributed by atoms with Crippen molar-refractivity contribution in [2.45, 2.75) is 20.8 Å². The molecule has 2 aromatic rings. The minimum Gasteiger partial charge on any atom is -0.397 e. The summed E-state index contributed by atoms with van der Waals surface area (Å²) in [7, 11) is 0. The summed E-state index contributed by atoms with van der Waals surface area (Å²) < 4.78 is 0. The van der Waals surface area contributed by atoms with Crippen LogP contribution in [0.4, 0.5) is 10.8 Å². The number of carbonyl (C=O) groups is 1. The Morgan fingerprint density at radius 3 is 2.72 bits per heavy atom. The highest BCUT2D eigenvalue weighted by atomic mass is 32.1. The van der Waals surface area contributed by atoms with Crippen molar-refractivity contribution in [3.63, 3.8) is 0 Å². The molecule has 3 N–H and O–H groups in total. The van der Waals surface area contributed by atoms with Gasteiger partial charge in [-0.05, 0) is 19.9 Å². The van der Waals surface area contributed by atoms with Crippen molar-refractivity contribution in [1.29, 1.82) is 0 Å². The fraction of sp³-hybridized carbons (Fsp3) is 0.250. The van der Waals surface area contributed by atoms with Gasteiger partial charge in [0.1, 0.15) is 0 Å². The number of anilines is 2. The number of pyridine rings is 1. The summed E-state index contributed by atoms with van der Waals surface area (Å²) in [5.74, 6) is -0.128. The van der Waals surface area contributed by atoms with Gasteiger partial charge in [0.05, 0.1) is 22.0 Å². The number of nitrogens with two attached hydrogens (primary N) is 1. The molecular formula is C12H14N4OS. The molecule has 94 valence electrons. The number of nitrogens with zero attached hydrogens (tertiary/aromatic N) is 2. The molecule has 2 rings (SSSR count). The summed E-state index contributed by atoms with van der Waals surface area (Å²) >= 11 is 1.42. The number of nitrogens with one attached hydrogen (secondary N) is 1. The number of rotatable bonds is 2. The molecule has 18 heavy (non-hydrogen) atoms. The van der Waals surface area contributed by atoms with E-state index in [4.69, 9.17) is 5.73 Å². The molecule has 0 aliphatic rings. The SMILES string of the molecule is CC(=O)Nc1nc(C)c(-c2cnc(C)c(N)c2)s1. The van der Waals surface area contributed by atoms with Gasteiger partial charge in [0.15, 0.2) is 5.13 Å². The number of amides is 1. The van der Waals surface area contributed by atoms with Crippen LogP contribution in [0.1, 0.15) is 18.3 Å². The third-order valence-electron chi connectivity index (χ3n) is 2.47. The highest BCUT2D eigenvalue weighted by molar-refractivity contribution is 7.19. The number of thiazole rings is 1. The second-order valence-electron chi connectivity index (χ2n) is 4.01. The van der Waals surface area contributed by atoms with Gasteiger partial charge < -0.3 is 11.1 Å². The van der Waals surface area contributed by atoms with Crippen LogP contribution in [0.2, 0.25) is 0 Å². The van der Waals surface area contributed by atoms with E-state index in [1.165, 1.54) is 18.3 Å². The minimum absolute atomic E-state index is 0.128. The van der Waals surface area contributed by atoms with Crippen molar-refractivity contribution >= 4 is 28.1 Å². The fourth-order valence-corrected chi connectivity index (χ4v) is 2.54. The van der Waals surface area contributed by atoms with E-state index in [1.54, 1.807) is 6.20 Å². The van der Waals surface area contributed by atoms with E-state index in [9.17, 15) is 4.79 Å². The highest BCUT2D eigenvalue weighted by Gasteiger charge is 2.11. The van der Waals surface area contributed by atoms with Crippen molar-refractivity contribution in [2.75, 3.05) is 11.1 Å². The molecule has 0 saturated carbocycles. The van der Waals surface area contributed by atoms with Gasteiger partial charge in [0.2, 0.25) is 5.91 Å². The Hall–Kier alpha value is -1.95. The molecule has 0 radical (unpaired) electrons. The first-order valence-electron chi connectivity index (χ1n) is 5.45. The Morgan fingerprint density at radius 2 is 2.11 bits per heavy atom. The molecule has 5 nitrogen and oxygen atoms in total. The summed E-state index contributed by atoms with van der Waals surface area (Å²) in [6, 6.07) is 1.88. The molecular weight excluding hydrogens is 248 g/mol. The van der Waals surface area contributed by atoms with E-state index >= 15 is 0 Å². The van der Waals surface area contributed by atoms with E-state index < -0.39 is 0 Å². The van der Waals surface area contributed by atoms with E-state index in [0.29, 0.717) is 10.8 Å². The van der Waals surface area contributed by atoms with Gasteiger partial charge in [-0.2, -0.15) is 0 Å². The maximum absolute atomic E-state index is 11.0. The van der Waals surface area contributed by atoms with Crippen LogP contribution in [0, 0.1) is 13.8 Å². The lowest BCUT2D eigenvalue weighted by Gasteiger charge is -2.02. The Kier molecular flexibility index (Phi) is 3.29. The third-order valence-corrected chi connectivity index (χ3v) is 3.59. The van der Waals surface area contributed by atoms with Crippen LogP contribution in [0.15, 0.2) is 12.3 Å². The van der Waals surface area contributed by atoms with Crippen molar-refractivity contribution in [1.82, 2.24) is 9.97 Å². The largest absolute Gasteiger partial charge is 0.397 e. The van der Waals surface area contributed by atoms with Gasteiger partial charge in [-0.15, -0.1) is 0 Å². The van der Waals surface area contributed by atoms with Gasteiger partial charge in [-0.3, -0.25) is 9.78 Å². The van der Waals surface area contributed by atoms with Gasteiger partial charge in [0, 0.05) is 18.7 Å². The summed E-state index contributed by atoms with van der Waals surface area (Å²) in [4.78, 5) is 20.5. The summed E-state index contributed by atoms with van der Waals surface area (Å²) in [5.41, 5.74) is 9.09. The predicted octanol–water partition coefficient (Wildman–Crippen LogP) is 2.36. The van der Waals surface area contributed by atoms with Crippen LogP contribution in [-0.2, 0) is 4.79 Å². The quantitative estimate of drug-likeness (QED) is 0.870. The van der Waals surface area contributed by atoms with Gasteiger partial charge in [-0.1, -0.05) is 11.3 Å². The zero-order valence-electron chi connectivity index (χ0n) is 10.4. The number of nitrogen functional groups attached to an aromatic ring is 1. The minimum atomic E-state index is -0.128. The average molecular weight is 262 g/mol. The van der Waals surface area contributed by atoms with Crippen LogP contribution in [0.5, 0.6) is 0 Å². The number of carbonyl (C=O) groups excluding carboxylic acids is 1. The second kappa shape index (κ2) is 4.73. The molecule has 0 saturated heterocycles. The lowest BCUT2D eigenvalue weighted by atomic mass is 10.2. The van der Waals surface area contributed by atoms with E-state index in [-0.39, 0.29) is 5.91 Å². The van der Waals surface area contributed by atoms with Gasteiger partial charge in [0.25, 0.3) is 0 Å². The molecule has 0 aromatic carbocycles. The summed E-state index contributed by atoms with van der Waals surface area (Å²) in [6.45, 7) is 5.22. The first-order valence-corrected chi connectivity index (χ1v) is 6.26. The van der Waals surface area contributed by atoms with Crippen molar-refractivity contribution < 1.29 is 4.79 Å². The van der Waals surface area contributed by atoms with Crippen LogP contribution in [0.25, 0.3) is 10.4 Å². The Balaban J connectivity index is 2.41. The molecule has 0 unspecified atom stereocenters. The zero-order chi connectivity index (χ0) is 13.3. The number of aromatic nitrogens is 2. The summed E-state index contributed by atoms with van der Waals surface area (Å²) in [6.07, 6.45) is 1.77. The standard InChI is InChI=1S/C12H14N4OS/c1-6-10(13)4-9(5-14-6)11-7(2)15-12(18-11)16-8(3)17/h4-5H,13H2,1-3H3,(H,15,16,17). The molecule has 1 amide bonds. The first-order chi connectivity index (χ1) is 8.47. The van der Waals surface area contributed by atoms with Crippen LogP contribution >= 0.6 is 11.3 Å². The van der Waals surface area contributed by atoms with E-state index in [0.717, 1.165) is 21.8 Å². The summed E-state index contributed by atoms with van der Waals surface area (Å²) in [5, 5.41) is 3.27. The van der Waals surface area contributed by atoms with Crippen molar-refractivity contribution in [2.24, 2.45) is 0 Å². The van der Waals surface area contributed by atoms with Gasteiger partial charge in [-0.25, -0.2) is 4.98 Å². The molecule has 0 bridgehead atoms. The Labute approximate surface area is 109 Å². The number of hydrogen-bond acceptors (Lipinski definition) is 5. The molecule has 0 fully saturated rings. The topological polar surface area (TPSA) is 80.9 Å². The smallest absolute Gasteiger partial charge is 0.223 e. The predicted molar refractivity (Wildman–Crippen MR) is 73.5 cm³/mol. The Morgan fingerprint density at radius 1 is 1.39 bits per heavy atom. The molecule has 0 atom stereocenters. The third kappa shape index (κ3) is 2.48. The first kappa shape index (κ1) is 12.5. The monoisotopic (exact) mass is 262 g/mol. The van der Waals surface area contributed by atoms with Crippen molar-refractivity contribution in [3.05, 3.63) is 23.7 Å². The molecule has 0 spiro atoms. The lowest BCUT2D eigenvalue weighted by molar-refractivity contribution is -0.114. The Bertz CT molecular complexity index is 606. The fourth-order valence-electron chi connectivity index (χ4n) is 1.54. The molecule has 6 heteroatoms. The van der Waals surface area contributed by atoms with E-state index in [1.807, 2.05) is 19.9 Å². The average Bonchev–Trinajstić information content (AvgIpc) is 2.62. The van der Waals surface area contributed by atoms with Crippen LogP contribution in [-0.4, -0.2) is 15.9 Å². The highest BCUT2D eigenvalue weighted by Crippen LogP contribution is 2.33. The zero-order valence-corrected chi connectivity index (χ0v) is 11.3. The maximum atomic E-state index is 11.0. The van der Waals surface area contributed by atoms with Crippen LogP contribution < -0.4 is 11.1 Å². The molecule has 2 heterocycles. The molecule has 0 aliphatic carbocycles. The van der Waals surface area contributed by atoms with Crippen LogP contribution in [0.3, 0.4) is 0 Å². The molecule has 2 aromatic heterocycles. The number of hydrogen-bond donors (Lipinski definition) is 2. The maximum Gasteiger partial charge on any atom is 0.223 e. The normalized spacial score (nSPS) is 10.4. The second-order valence-corrected chi connectivity index (χ2v) is 5.01. The van der Waals surface area contributed by atoms with Crippen molar-refractivity contribution in [3.8, 4) is 10.4 Å². The van der Waals surface area contributed by atoms with Gasteiger partial charge >= 0.3 is 0 Å².